The van der Waals surface area contributed by atoms with Gasteiger partial charge in [0.05, 0.1) is 0 Å². The fourth-order valence-electron chi connectivity index (χ4n) is 4.15. The Bertz CT molecular complexity index is 506. The van der Waals surface area contributed by atoms with Crippen LogP contribution >= 0.6 is 8.38 Å². The Morgan fingerprint density at radius 3 is 2.25 bits per heavy atom. The number of unbranched alkanes of at least 4 members (excludes halogenated alkanes) is 5. The minimum absolute atomic E-state index is 0.186. The van der Waals surface area contributed by atoms with Gasteiger partial charge in [0.1, 0.15) is 0 Å². The number of hydrogen-bond donors (Lipinski definition) is 3. The molecule has 0 amide bonds. The molecule has 0 spiro atoms. The third-order valence-corrected chi connectivity index (χ3v) is 6.74. The van der Waals surface area contributed by atoms with Gasteiger partial charge in [-0.25, -0.2) is 0 Å². The lowest BCUT2D eigenvalue weighted by molar-refractivity contribution is 0.332. The van der Waals surface area contributed by atoms with E-state index in [1.807, 2.05) is 7.05 Å². The third-order valence-electron chi connectivity index (χ3n) is 6.12. The fourth-order valence-corrected chi connectivity index (χ4v) is 4.78. The van der Waals surface area contributed by atoms with Gasteiger partial charge in [-0.3, -0.25) is 0 Å². The number of rotatable bonds is 11. The van der Waals surface area contributed by atoms with Crippen molar-refractivity contribution >= 4 is 8.38 Å². The molecule has 1 saturated carbocycles. The van der Waals surface area contributed by atoms with E-state index in [4.69, 9.17) is 9.79 Å². The largest absolute Gasteiger partial charge is 0.350 e. The highest BCUT2D eigenvalue weighted by Gasteiger charge is 2.35. The maximum absolute atomic E-state index is 8.88. The summed E-state index contributed by atoms with van der Waals surface area (Å²) in [6, 6.07) is 8.96. The molecule has 1 aliphatic rings. The predicted molar refractivity (Wildman–Crippen MR) is 124 cm³/mol. The van der Waals surface area contributed by atoms with Crippen molar-refractivity contribution in [2.75, 3.05) is 13.2 Å². The second kappa shape index (κ2) is 14.5. The summed E-state index contributed by atoms with van der Waals surface area (Å²) in [4.78, 5) is 17.8. The van der Waals surface area contributed by atoms with E-state index in [-0.39, 0.29) is 5.54 Å². The van der Waals surface area contributed by atoms with Crippen molar-refractivity contribution in [2.24, 2.45) is 5.92 Å². The molecule has 0 heterocycles. The van der Waals surface area contributed by atoms with Gasteiger partial charge in [0.25, 0.3) is 0 Å². The van der Waals surface area contributed by atoms with Crippen LogP contribution in [0, 0.1) is 12.8 Å². The third kappa shape index (κ3) is 10.9. The normalized spacial score (nSPS) is 21.6. The van der Waals surface area contributed by atoms with Gasteiger partial charge in [-0.2, -0.15) is 0 Å². The zero-order valence-corrected chi connectivity index (χ0v) is 19.6. The molecular formula is C24H44NO2P. The summed E-state index contributed by atoms with van der Waals surface area (Å²) < 4.78 is 0. The summed E-state index contributed by atoms with van der Waals surface area (Å²) >= 11 is 0. The van der Waals surface area contributed by atoms with Crippen molar-refractivity contribution in [2.45, 2.75) is 96.9 Å². The minimum atomic E-state index is -1.71. The lowest BCUT2D eigenvalue weighted by Crippen LogP contribution is -2.41. The van der Waals surface area contributed by atoms with Crippen molar-refractivity contribution in [3.63, 3.8) is 0 Å². The lowest BCUT2D eigenvalue weighted by Gasteiger charge is -2.29. The Balaban J connectivity index is 0.000000283. The van der Waals surface area contributed by atoms with E-state index in [1.54, 1.807) is 0 Å². The first-order valence-corrected chi connectivity index (χ1v) is 12.7. The molecule has 2 atom stereocenters. The van der Waals surface area contributed by atoms with Crippen LogP contribution < -0.4 is 5.32 Å². The first-order chi connectivity index (χ1) is 13.4. The highest BCUT2D eigenvalue weighted by molar-refractivity contribution is 7.45. The van der Waals surface area contributed by atoms with Crippen LogP contribution in [0.5, 0.6) is 0 Å². The van der Waals surface area contributed by atoms with E-state index in [0.717, 1.165) is 12.3 Å². The van der Waals surface area contributed by atoms with Gasteiger partial charge in [0.2, 0.25) is 0 Å². The topological polar surface area (TPSA) is 52.5 Å². The van der Waals surface area contributed by atoms with Crippen LogP contribution in [-0.2, 0) is 6.42 Å². The van der Waals surface area contributed by atoms with E-state index < -0.39 is 8.38 Å². The monoisotopic (exact) mass is 409 g/mol. The number of benzene rings is 1. The van der Waals surface area contributed by atoms with Crippen molar-refractivity contribution in [1.82, 2.24) is 5.32 Å². The number of nitrogens with one attached hydrogen (secondary N) is 1. The van der Waals surface area contributed by atoms with Crippen LogP contribution in [0.3, 0.4) is 0 Å². The molecule has 1 fully saturated rings. The standard InChI is InChI=1S/C15H24.C9H20NO2P/c1-3-4-5-6-7-8-9-15-12-10-14(2)11-13-15;1-8-3-4-9(7-8,10-2)5-6-13(11)12/h10-13H,3-9H2,1-2H3;8,10-12H,3-7H2,1-2H3. The quantitative estimate of drug-likeness (QED) is 0.295. The van der Waals surface area contributed by atoms with Gasteiger partial charge in [-0.15, -0.1) is 0 Å². The van der Waals surface area contributed by atoms with Crippen LogP contribution in [-0.4, -0.2) is 28.5 Å². The average Bonchev–Trinajstić information content (AvgIpc) is 3.06. The first-order valence-electron chi connectivity index (χ1n) is 11.3. The molecule has 0 aliphatic heterocycles. The van der Waals surface area contributed by atoms with Crippen LogP contribution in [0.4, 0.5) is 0 Å². The molecule has 0 aromatic heterocycles. The molecule has 0 saturated heterocycles. The molecule has 1 aromatic rings. The summed E-state index contributed by atoms with van der Waals surface area (Å²) in [5.41, 5.74) is 3.05. The molecule has 3 nitrogen and oxygen atoms in total. The van der Waals surface area contributed by atoms with Crippen molar-refractivity contribution in [3.05, 3.63) is 35.4 Å². The second-order valence-corrected chi connectivity index (χ2v) is 9.92. The molecule has 28 heavy (non-hydrogen) atoms. The highest BCUT2D eigenvalue weighted by Crippen LogP contribution is 2.39. The summed E-state index contributed by atoms with van der Waals surface area (Å²) in [5.74, 6) is 0.774. The highest BCUT2D eigenvalue weighted by atomic mass is 31.2. The van der Waals surface area contributed by atoms with Crippen LogP contribution in [0.1, 0.15) is 89.2 Å². The van der Waals surface area contributed by atoms with Gasteiger partial charge < -0.3 is 15.1 Å². The molecular weight excluding hydrogens is 365 g/mol. The van der Waals surface area contributed by atoms with E-state index in [1.165, 1.54) is 75.3 Å². The average molecular weight is 410 g/mol. The fraction of sp³-hybridized carbons (Fsp3) is 0.750. The zero-order valence-electron chi connectivity index (χ0n) is 18.7. The van der Waals surface area contributed by atoms with E-state index in [0.29, 0.717) is 6.16 Å². The molecule has 162 valence electrons. The van der Waals surface area contributed by atoms with E-state index in [2.05, 4.69) is 50.4 Å². The van der Waals surface area contributed by atoms with Gasteiger partial charge in [-0.1, -0.05) is 75.8 Å². The predicted octanol–water partition coefficient (Wildman–Crippen LogP) is 6.35. The molecule has 1 aromatic carbocycles. The second-order valence-electron chi connectivity index (χ2n) is 8.73. The maximum atomic E-state index is 8.88. The van der Waals surface area contributed by atoms with E-state index in [9.17, 15) is 0 Å². The number of hydrogen-bond acceptors (Lipinski definition) is 3. The summed E-state index contributed by atoms with van der Waals surface area (Å²) in [7, 11) is 0.273. The molecule has 0 bridgehead atoms. The molecule has 1 aliphatic carbocycles. The van der Waals surface area contributed by atoms with Gasteiger partial charge in [-0.05, 0) is 64.0 Å². The molecule has 2 unspecified atom stereocenters. The van der Waals surface area contributed by atoms with Crippen LogP contribution in [0.25, 0.3) is 0 Å². The Morgan fingerprint density at radius 1 is 1.07 bits per heavy atom. The Kier molecular flexibility index (Phi) is 13.2. The minimum Gasteiger partial charge on any atom is -0.350 e. The molecule has 4 heteroatoms. The van der Waals surface area contributed by atoms with Crippen LogP contribution in [0.2, 0.25) is 0 Å². The first kappa shape index (κ1) is 25.6. The summed E-state index contributed by atoms with van der Waals surface area (Å²) in [6.07, 6.45) is 14.6. The maximum Gasteiger partial charge on any atom is 0.164 e. The SMILES string of the molecule is CCCCCCCCc1ccc(C)cc1.CNC1(CCP(O)O)CCC(C)C1. The van der Waals surface area contributed by atoms with Gasteiger partial charge in [0.15, 0.2) is 8.38 Å². The number of aryl methyl sites for hydroxylation is 2. The Labute approximate surface area is 175 Å². The molecule has 0 radical (unpaired) electrons. The lowest BCUT2D eigenvalue weighted by atomic mass is 9.93. The van der Waals surface area contributed by atoms with Crippen LogP contribution in [0.15, 0.2) is 24.3 Å². The van der Waals surface area contributed by atoms with E-state index >= 15 is 0 Å². The van der Waals surface area contributed by atoms with Crippen molar-refractivity contribution < 1.29 is 9.79 Å². The molecule has 2 rings (SSSR count). The van der Waals surface area contributed by atoms with Crippen molar-refractivity contribution in [3.8, 4) is 0 Å². The smallest absolute Gasteiger partial charge is 0.164 e. The zero-order chi connectivity index (χ0) is 20.8. The van der Waals surface area contributed by atoms with Crippen molar-refractivity contribution in [1.29, 1.82) is 0 Å². The Morgan fingerprint density at radius 2 is 1.71 bits per heavy atom. The van der Waals surface area contributed by atoms with Gasteiger partial charge in [0, 0.05) is 11.7 Å². The van der Waals surface area contributed by atoms with Gasteiger partial charge >= 0.3 is 0 Å². The summed E-state index contributed by atoms with van der Waals surface area (Å²) in [5, 5.41) is 3.35. The Hall–Kier alpha value is -0.470. The molecule has 3 N–H and O–H groups in total. The summed E-state index contributed by atoms with van der Waals surface area (Å²) in [6.45, 7) is 6.68.